The standard InChI is InChI=1S/C11H17N5O2/c1-3-5-7-13-11-9(16(17)18)10(12-6-4-2)14-8-15-11/h4,8H,2-3,5-7H2,1H3,(H2,12,13,14,15). The highest BCUT2D eigenvalue weighted by molar-refractivity contribution is 5.69. The maximum absolute atomic E-state index is 11.1. The summed E-state index contributed by atoms with van der Waals surface area (Å²) in [6.45, 7) is 6.65. The summed E-state index contributed by atoms with van der Waals surface area (Å²) in [6.07, 6.45) is 4.84. The Balaban J connectivity index is 2.93. The second-order valence-electron chi connectivity index (χ2n) is 3.63. The van der Waals surface area contributed by atoms with Crippen LogP contribution in [-0.4, -0.2) is 28.0 Å². The third-order valence-corrected chi connectivity index (χ3v) is 2.24. The monoisotopic (exact) mass is 251 g/mol. The number of hydrogen-bond acceptors (Lipinski definition) is 6. The number of unbranched alkanes of at least 4 members (excludes halogenated alkanes) is 1. The first-order valence-electron chi connectivity index (χ1n) is 5.78. The minimum absolute atomic E-state index is 0.129. The predicted molar refractivity (Wildman–Crippen MR) is 70.8 cm³/mol. The second-order valence-corrected chi connectivity index (χ2v) is 3.63. The van der Waals surface area contributed by atoms with Crippen LogP contribution in [-0.2, 0) is 0 Å². The Kier molecular flexibility index (Phi) is 5.56. The fraction of sp³-hybridized carbons (Fsp3) is 0.455. The topological polar surface area (TPSA) is 93.0 Å². The summed E-state index contributed by atoms with van der Waals surface area (Å²) in [5, 5.41) is 16.8. The number of rotatable bonds is 8. The first kappa shape index (κ1) is 13.9. The molecule has 0 saturated carbocycles. The van der Waals surface area contributed by atoms with Gasteiger partial charge in [-0.15, -0.1) is 6.58 Å². The van der Waals surface area contributed by atoms with E-state index >= 15 is 0 Å². The fourth-order valence-corrected chi connectivity index (χ4v) is 1.36. The van der Waals surface area contributed by atoms with Gasteiger partial charge in [0.1, 0.15) is 6.33 Å². The second kappa shape index (κ2) is 7.21. The molecule has 18 heavy (non-hydrogen) atoms. The van der Waals surface area contributed by atoms with Crippen LogP contribution in [0.1, 0.15) is 19.8 Å². The van der Waals surface area contributed by atoms with Crippen molar-refractivity contribution in [2.24, 2.45) is 0 Å². The van der Waals surface area contributed by atoms with E-state index in [1.54, 1.807) is 6.08 Å². The van der Waals surface area contributed by atoms with Crippen LogP contribution in [0.4, 0.5) is 17.3 Å². The van der Waals surface area contributed by atoms with Crippen LogP contribution in [0, 0.1) is 10.1 Å². The highest BCUT2D eigenvalue weighted by Crippen LogP contribution is 2.28. The number of aromatic nitrogens is 2. The lowest BCUT2D eigenvalue weighted by atomic mass is 10.3. The van der Waals surface area contributed by atoms with E-state index in [1.807, 2.05) is 6.92 Å². The van der Waals surface area contributed by atoms with Crippen LogP contribution < -0.4 is 10.6 Å². The first-order chi connectivity index (χ1) is 8.70. The van der Waals surface area contributed by atoms with Gasteiger partial charge in [0.15, 0.2) is 0 Å². The summed E-state index contributed by atoms with van der Waals surface area (Å²) in [5.74, 6) is 0.448. The van der Waals surface area contributed by atoms with Gasteiger partial charge in [-0.25, -0.2) is 9.97 Å². The molecule has 0 aliphatic rings. The SMILES string of the molecule is C=CCNc1ncnc(NCCCC)c1[N+](=O)[O-]. The predicted octanol–water partition coefficient (Wildman–Crippen LogP) is 2.19. The van der Waals surface area contributed by atoms with Crippen molar-refractivity contribution in [1.82, 2.24) is 9.97 Å². The molecule has 1 rings (SSSR count). The number of hydrogen-bond donors (Lipinski definition) is 2. The van der Waals surface area contributed by atoms with Gasteiger partial charge in [0.25, 0.3) is 0 Å². The molecule has 98 valence electrons. The van der Waals surface area contributed by atoms with E-state index in [-0.39, 0.29) is 17.3 Å². The first-order valence-corrected chi connectivity index (χ1v) is 5.78. The molecule has 0 fully saturated rings. The highest BCUT2D eigenvalue weighted by Gasteiger charge is 2.21. The Bertz CT molecular complexity index is 422. The Hall–Kier alpha value is -2.18. The minimum atomic E-state index is -0.486. The minimum Gasteiger partial charge on any atom is -0.364 e. The largest absolute Gasteiger partial charge is 0.364 e. The summed E-state index contributed by atoms with van der Waals surface area (Å²) in [6, 6.07) is 0. The van der Waals surface area contributed by atoms with E-state index in [0.717, 1.165) is 12.8 Å². The number of nitrogens with zero attached hydrogens (tertiary/aromatic N) is 3. The van der Waals surface area contributed by atoms with Gasteiger partial charge in [0, 0.05) is 13.1 Å². The lowest BCUT2D eigenvalue weighted by Gasteiger charge is -2.08. The molecule has 0 unspecified atom stereocenters. The van der Waals surface area contributed by atoms with Crippen LogP contribution in [0.15, 0.2) is 19.0 Å². The maximum atomic E-state index is 11.1. The van der Waals surface area contributed by atoms with Crippen LogP contribution in [0.5, 0.6) is 0 Å². The average molecular weight is 251 g/mol. The van der Waals surface area contributed by atoms with Crippen LogP contribution in [0.25, 0.3) is 0 Å². The van der Waals surface area contributed by atoms with E-state index in [9.17, 15) is 10.1 Å². The van der Waals surface area contributed by atoms with Gasteiger partial charge < -0.3 is 10.6 Å². The lowest BCUT2D eigenvalue weighted by Crippen LogP contribution is -2.10. The van der Waals surface area contributed by atoms with Crippen molar-refractivity contribution in [3.8, 4) is 0 Å². The molecule has 0 aliphatic heterocycles. The molecule has 0 saturated heterocycles. The van der Waals surface area contributed by atoms with E-state index in [2.05, 4.69) is 27.2 Å². The van der Waals surface area contributed by atoms with Crippen LogP contribution >= 0.6 is 0 Å². The van der Waals surface area contributed by atoms with Crippen molar-refractivity contribution in [2.75, 3.05) is 23.7 Å². The molecule has 0 aromatic carbocycles. The third-order valence-electron chi connectivity index (χ3n) is 2.24. The zero-order valence-corrected chi connectivity index (χ0v) is 10.3. The number of anilines is 2. The molecular weight excluding hydrogens is 234 g/mol. The molecule has 0 spiro atoms. The van der Waals surface area contributed by atoms with Crippen molar-refractivity contribution >= 4 is 17.3 Å². The third kappa shape index (κ3) is 3.69. The van der Waals surface area contributed by atoms with Gasteiger partial charge in [0.2, 0.25) is 11.6 Å². The van der Waals surface area contributed by atoms with Crippen molar-refractivity contribution < 1.29 is 4.92 Å². The molecule has 0 amide bonds. The summed E-state index contributed by atoms with van der Waals surface area (Å²) >= 11 is 0. The molecule has 0 aliphatic carbocycles. The zero-order chi connectivity index (χ0) is 13.4. The lowest BCUT2D eigenvalue weighted by molar-refractivity contribution is -0.383. The molecule has 7 heteroatoms. The molecule has 0 radical (unpaired) electrons. The molecule has 0 bridgehead atoms. The Morgan fingerprint density at radius 2 is 2.11 bits per heavy atom. The van der Waals surface area contributed by atoms with E-state index in [4.69, 9.17) is 0 Å². The van der Waals surface area contributed by atoms with Crippen molar-refractivity contribution in [1.29, 1.82) is 0 Å². The Morgan fingerprint density at radius 1 is 1.44 bits per heavy atom. The summed E-state index contributed by atoms with van der Waals surface area (Å²) in [5.41, 5.74) is -0.129. The van der Waals surface area contributed by atoms with Crippen molar-refractivity contribution in [2.45, 2.75) is 19.8 Å². The van der Waals surface area contributed by atoms with Gasteiger partial charge in [-0.2, -0.15) is 0 Å². The van der Waals surface area contributed by atoms with Crippen molar-refractivity contribution in [3.05, 3.63) is 29.1 Å². The molecule has 1 heterocycles. The van der Waals surface area contributed by atoms with Gasteiger partial charge in [-0.05, 0) is 6.42 Å². The van der Waals surface area contributed by atoms with Crippen LogP contribution in [0.3, 0.4) is 0 Å². The molecule has 1 aromatic rings. The van der Waals surface area contributed by atoms with Crippen LogP contribution in [0.2, 0.25) is 0 Å². The maximum Gasteiger partial charge on any atom is 0.353 e. The number of nitro groups is 1. The zero-order valence-electron chi connectivity index (χ0n) is 10.3. The van der Waals surface area contributed by atoms with E-state index in [0.29, 0.717) is 13.1 Å². The van der Waals surface area contributed by atoms with E-state index < -0.39 is 4.92 Å². The fourth-order valence-electron chi connectivity index (χ4n) is 1.36. The smallest absolute Gasteiger partial charge is 0.353 e. The summed E-state index contributed by atoms with van der Waals surface area (Å²) in [7, 11) is 0. The van der Waals surface area contributed by atoms with E-state index in [1.165, 1.54) is 6.33 Å². The summed E-state index contributed by atoms with van der Waals surface area (Å²) < 4.78 is 0. The van der Waals surface area contributed by atoms with Gasteiger partial charge in [-0.1, -0.05) is 19.4 Å². The van der Waals surface area contributed by atoms with Crippen molar-refractivity contribution in [3.63, 3.8) is 0 Å². The highest BCUT2D eigenvalue weighted by atomic mass is 16.6. The molecule has 1 aromatic heterocycles. The number of nitrogens with one attached hydrogen (secondary N) is 2. The summed E-state index contributed by atoms with van der Waals surface area (Å²) in [4.78, 5) is 18.4. The van der Waals surface area contributed by atoms with Gasteiger partial charge in [0.05, 0.1) is 4.92 Å². The Morgan fingerprint density at radius 3 is 2.67 bits per heavy atom. The molecule has 0 atom stereocenters. The average Bonchev–Trinajstić information content (AvgIpc) is 2.36. The quantitative estimate of drug-likeness (QED) is 0.318. The Labute approximate surface area is 105 Å². The molecule has 2 N–H and O–H groups in total. The molecular formula is C11H17N5O2. The molecule has 7 nitrogen and oxygen atoms in total. The normalized spacial score (nSPS) is 9.83. The van der Waals surface area contributed by atoms with Gasteiger partial charge in [-0.3, -0.25) is 10.1 Å². The van der Waals surface area contributed by atoms with Gasteiger partial charge >= 0.3 is 5.69 Å².